The fourth-order valence-electron chi connectivity index (χ4n) is 3.40. The molecule has 1 saturated heterocycles. The lowest BCUT2D eigenvalue weighted by Crippen LogP contribution is -2.34. The molecule has 2 fully saturated rings. The number of carbonyl (C=O) groups is 1. The van der Waals surface area contributed by atoms with Gasteiger partial charge in [-0.3, -0.25) is 4.79 Å². The zero-order valence-corrected chi connectivity index (χ0v) is 13.7. The Morgan fingerprint density at radius 2 is 1.95 bits per heavy atom. The van der Waals surface area contributed by atoms with Crippen LogP contribution < -0.4 is 5.73 Å². The first kappa shape index (κ1) is 15.8. The summed E-state index contributed by atoms with van der Waals surface area (Å²) in [5.74, 6) is 1.42. The average molecular weight is 360 g/mol. The highest BCUT2D eigenvalue weighted by Crippen LogP contribution is 2.37. The summed E-state index contributed by atoms with van der Waals surface area (Å²) in [7, 11) is 0. The first-order valence-electron chi connectivity index (χ1n) is 6.91. The monoisotopic (exact) mass is 358 g/mol. The van der Waals surface area contributed by atoms with Crippen molar-refractivity contribution in [2.24, 2.45) is 17.6 Å². The van der Waals surface area contributed by atoms with Crippen LogP contribution in [0.15, 0.2) is 28.7 Å². The highest BCUT2D eigenvalue weighted by molar-refractivity contribution is 9.10. The minimum Gasteiger partial charge on any atom is -0.342 e. The van der Waals surface area contributed by atoms with E-state index in [1.165, 1.54) is 6.42 Å². The number of hydrogen-bond donors (Lipinski definition) is 1. The van der Waals surface area contributed by atoms with Crippen molar-refractivity contribution in [1.82, 2.24) is 4.90 Å². The van der Waals surface area contributed by atoms with Crippen molar-refractivity contribution in [2.45, 2.75) is 25.3 Å². The molecule has 1 aromatic rings. The normalized spacial score (nSPS) is 28.1. The number of nitrogens with zero attached hydrogens (tertiary/aromatic N) is 1. The minimum atomic E-state index is 0. The van der Waals surface area contributed by atoms with Gasteiger partial charge in [0.25, 0.3) is 0 Å². The van der Waals surface area contributed by atoms with Gasteiger partial charge in [0.2, 0.25) is 5.91 Å². The lowest BCUT2D eigenvalue weighted by molar-refractivity contribution is -0.129. The number of nitrogens with two attached hydrogens (primary N) is 1. The molecule has 1 heterocycles. The van der Waals surface area contributed by atoms with Crippen LogP contribution in [0.1, 0.15) is 18.4 Å². The molecule has 0 aromatic heterocycles. The number of carbonyl (C=O) groups excluding carboxylic acids is 1. The summed E-state index contributed by atoms with van der Waals surface area (Å²) in [6, 6.07) is 8.28. The van der Waals surface area contributed by atoms with Crippen LogP contribution in [0, 0.1) is 11.8 Å². The molecule has 1 amide bonds. The Kier molecular flexibility index (Phi) is 5.10. The molecule has 3 unspecified atom stereocenters. The van der Waals surface area contributed by atoms with Crippen molar-refractivity contribution >= 4 is 34.2 Å². The van der Waals surface area contributed by atoms with E-state index in [-0.39, 0.29) is 18.3 Å². The lowest BCUT2D eigenvalue weighted by Gasteiger charge is -2.18. The van der Waals surface area contributed by atoms with Crippen LogP contribution in [-0.2, 0) is 11.2 Å². The molecule has 1 aliphatic carbocycles. The van der Waals surface area contributed by atoms with Crippen LogP contribution in [0.25, 0.3) is 0 Å². The molecule has 2 N–H and O–H groups in total. The fraction of sp³-hybridized carbons (Fsp3) is 0.533. The van der Waals surface area contributed by atoms with Crippen LogP contribution in [0.3, 0.4) is 0 Å². The predicted octanol–water partition coefficient (Wildman–Crippen LogP) is 2.61. The SMILES string of the molecule is Cl.NC1CCC2CN(C(=O)Cc3ccc(Br)cc3)CC12. The van der Waals surface area contributed by atoms with Gasteiger partial charge in [0.1, 0.15) is 0 Å². The third-order valence-electron chi connectivity index (χ3n) is 4.53. The number of fused-ring (bicyclic) bond motifs is 1. The quantitative estimate of drug-likeness (QED) is 0.882. The summed E-state index contributed by atoms with van der Waals surface area (Å²) in [6.45, 7) is 1.77. The second-order valence-electron chi connectivity index (χ2n) is 5.77. The standard InChI is InChI=1S/C15H19BrN2O.ClH/c16-12-4-1-10(2-5-12)7-15(19)18-8-11-3-6-14(17)13(11)9-18;/h1-2,4-5,11,13-14H,3,6-9,17H2;1H. The maximum absolute atomic E-state index is 12.3. The van der Waals surface area contributed by atoms with Gasteiger partial charge >= 0.3 is 0 Å². The molecule has 3 nitrogen and oxygen atoms in total. The molecule has 110 valence electrons. The van der Waals surface area contributed by atoms with E-state index in [4.69, 9.17) is 5.73 Å². The average Bonchev–Trinajstić information content (AvgIpc) is 2.95. The van der Waals surface area contributed by atoms with Crippen molar-refractivity contribution in [3.8, 4) is 0 Å². The van der Waals surface area contributed by atoms with E-state index in [0.29, 0.717) is 24.3 Å². The van der Waals surface area contributed by atoms with E-state index >= 15 is 0 Å². The first-order chi connectivity index (χ1) is 9.13. The highest BCUT2D eigenvalue weighted by Gasteiger charge is 2.42. The zero-order chi connectivity index (χ0) is 13.4. The first-order valence-corrected chi connectivity index (χ1v) is 7.70. The zero-order valence-electron chi connectivity index (χ0n) is 11.3. The third-order valence-corrected chi connectivity index (χ3v) is 5.06. The lowest BCUT2D eigenvalue weighted by atomic mass is 9.98. The summed E-state index contributed by atoms with van der Waals surface area (Å²) < 4.78 is 1.05. The Bertz CT molecular complexity index is 479. The number of hydrogen-bond acceptors (Lipinski definition) is 2. The van der Waals surface area contributed by atoms with Crippen LogP contribution in [0.4, 0.5) is 0 Å². The Hall–Kier alpha value is -0.580. The van der Waals surface area contributed by atoms with Gasteiger partial charge in [-0.2, -0.15) is 0 Å². The molecule has 5 heteroatoms. The van der Waals surface area contributed by atoms with Gasteiger partial charge in [-0.25, -0.2) is 0 Å². The maximum atomic E-state index is 12.3. The maximum Gasteiger partial charge on any atom is 0.227 e. The fourth-order valence-corrected chi connectivity index (χ4v) is 3.66. The van der Waals surface area contributed by atoms with E-state index in [2.05, 4.69) is 15.9 Å². The van der Waals surface area contributed by atoms with Crippen LogP contribution in [0.5, 0.6) is 0 Å². The van der Waals surface area contributed by atoms with Crippen molar-refractivity contribution in [3.05, 3.63) is 34.3 Å². The molecule has 1 aliphatic heterocycles. The Morgan fingerprint density at radius 1 is 1.25 bits per heavy atom. The molecular formula is C15H20BrClN2O. The van der Waals surface area contributed by atoms with Crippen molar-refractivity contribution in [3.63, 3.8) is 0 Å². The molecule has 1 aromatic carbocycles. The molecule has 0 spiro atoms. The van der Waals surface area contributed by atoms with Gasteiger partial charge < -0.3 is 10.6 Å². The van der Waals surface area contributed by atoms with Crippen LogP contribution in [-0.4, -0.2) is 29.9 Å². The highest BCUT2D eigenvalue weighted by atomic mass is 79.9. The number of likely N-dealkylation sites (tertiary alicyclic amines) is 1. The van der Waals surface area contributed by atoms with Crippen LogP contribution in [0.2, 0.25) is 0 Å². The molecule has 0 radical (unpaired) electrons. The summed E-state index contributed by atoms with van der Waals surface area (Å²) >= 11 is 3.41. The number of benzene rings is 1. The number of amides is 1. The van der Waals surface area contributed by atoms with E-state index < -0.39 is 0 Å². The van der Waals surface area contributed by atoms with Gasteiger partial charge in [-0.05, 0) is 42.4 Å². The number of rotatable bonds is 2. The van der Waals surface area contributed by atoms with Gasteiger partial charge in [-0.15, -0.1) is 12.4 Å². The molecule has 20 heavy (non-hydrogen) atoms. The summed E-state index contributed by atoms with van der Waals surface area (Å²) in [4.78, 5) is 14.3. The Morgan fingerprint density at radius 3 is 2.60 bits per heavy atom. The van der Waals surface area contributed by atoms with E-state index in [9.17, 15) is 4.79 Å². The van der Waals surface area contributed by atoms with Crippen molar-refractivity contribution in [2.75, 3.05) is 13.1 Å². The molecular weight excluding hydrogens is 340 g/mol. The Labute approximate surface area is 134 Å². The van der Waals surface area contributed by atoms with E-state index in [1.807, 2.05) is 29.2 Å². The smallest absolute Gasteiger partial charge is 0.227 e. The van der Waals surface area contributed by atoms with Crippen molar-refractivity contribution < 1.29 is 4.79 Å². The van der Waals surface area contributed by atoms with Crippen LogP contribution >= 0.6 is 28.3 Å². The van der Waals surface area contributed by atoms with E-state index in [0.717, 1.165) is 29.5 Å². The second-order valence-corrected chi connectivity index (χ2v) is 6.68. The topological polar surface area (TPSA) is 46.3 Å². The Balaban J connectivity index is 0.00000147. The van der Waals surface area contributed by atoms with Crippen molar-refractivity contribution in [1.29, 1.82) is 0 Å². The number of halogens is 2. The van der Waals surface area contributed by atoms with E-state index in [1.54, 1.807) is 0 Å². The molecule has 3 rings (SSSR count). The predicted molar refractivity (Wildman–Crippen MR) is 85.9 cm³/mol. The molecule has 1 saturated carbocycles. The summed E-state index contributed by atoms with van der Waals surface area (Å²) in [6.07, 6.45) is 2.82. The summed E-state index contributed by atoms with van der Waals surface area (Å²) in [5.41, 5.74) is 7.19. The largest absolute Gasteiger partial charge is 0.342 e. The summed E-state index contributed by atoms with van der Waals surface area (Å²) in [5, 5.41) is 0. The molecule has 0 bridgehead atoms. The minimum absolute atomic E-state index is 0. The third kappa shape index (κ3) is 3.18. The second kappa shape index (κ2) is 6.46. The van der Waals surface area contributed by atoms with Gasteiger partial charge in [0, 0.05) is 23.6 Å². The van der Waals surface area contributed by atoms with Gasteiger partial charge in [0.15, 0.2) is 0 Å². The van der Waals surface area contributed by atoms with Gasteiger partial charge in [-0.1, -0.05) is 28.1 Å². The van der Waals surface area contributed by atoms with Gasteiger partial charge in [0.05, 0.1) is 6.42 Å². The molecule has 3 atom stereocenters. The molecule has 2 aliphatic rings.